The quantitative estimate of drug-likeness (QED) is 0.0809. The van der Waals surface area contributed by atoms with E-state index >= 15 is 21.9 Å². The highest BCUT2D eigenvalue weighted by molar-refractivity contribution is 7.58. The summed E-state index contributed by atoms with van der Waals surface area (Å²) in [6.45, 7) is 21.0. The molecular formula is C36H40BF11P-. The Balaban J connectivity index is 2.77. The van der Waals surface area contributed by atoms with Gasteiger partial charge in [0.25, 0.3) is 0 Å². The van der Waals surface area contributed by atoms with Gasteiger partial charge in [0.2, 0.25) is 6.42 Å². The minimum atomic E-state index is -5.66. The average molecular weight is 723 g/mol. The third-order valence-electron chi connectivity index (χ3n) is 8.19. The minimum absolute atomic E-state index is 0.306. The molecule has 0 radical (unpaired) electrons. The SMILES string of the molecule is CC(C)(C)/C=C(\Pc1c(C(C)(C)C)cc(C(C)(C)C)cc1C(C)(C)C)[B-](F)(c1c(F)c(F)c(F)c(F)c1F)c1c(F)c(F)c(F)c(F)c1F. The van der Waals surface area contributed by atoms with E-state index in [2.05, 4.69) is 0 Å². The van der Waals surface area contributed by atoms with Crippen LogP contribution in [0.3, 0.4) is 0 Å². The van der Waals surface area contributed by atoms with E-state index in [1.165, 1.54) is 20.8 Å². The Hall–Kier alpha value is -2.88. The summed E-state index contributed by atoms with van der Waals surface area (Å²) < 4.78 is 169. The van der Waals surface area contributed by atoms with E-state index in [0.717, 1.165) is 11.6 Å². The van der Waals surface area contributed by atoms with Crippen molar-refractivity contribution in [3.63, 3.8) is 0 Å². The number of hydrogen-bond acceptors (Lipinski definition) is 0. The molecule has 1 unspecified atom stereocenters. The van der Waals surface area contributed by atoms with Crippen molar-refractivity contribution >= 4 is 31.2 Å². The molecule has 0 spiro atoms. The molecule has 0 bridgehead atoms. The summed E-state index contributed by atoms with van der Waals surface area (Å²) in [5, 5.41) is -0.626. The fourth-order valence-electron chi connectivity index (χ4n) is 5.65. The summed E-state index contributed by atoms with van der Waals surface area (Å²) >= 11 is 0. The number of allylic oxidation sites excluding steroid dienone is 1. The third kappa shape index (κ3) is 7.45. The smallest absolute Gasteiger partial charge is 0.246 e. The summed E-state index contributed by atoms with van der Waals surface area (Å²) in [7, 11) is -1.17. The molecule has 1 atom stereocenters. The fraction of sp³-hybridized carbons (Fsp3) is 0.444. The molecule has 0 aliphatic heterocycles. The molecule has 0 aliphatic carbocycles. The average Bonchev–Trinajstić information content (AvgIpc) is 2.94. The van der Waals surface area contributed by atoms with Gasteiger partial charge in [0, 0.05) is 0 Å². The van der Waals surface area contributed by atoms with Crippen LogP contribution in [0, 0.1) is 63.6 Å². The van der Waals surface area contributed by atoms with Crippen molar-refractivity contribution in [1.29, 1.82) is 0 Å². The first-order valence-corrected chi connectivity index (χ1v) is 16.5. The highest BCUT2D eigenvalue weighted by Crippen LogP contribution is 2.44. The van der Waals surface area contributed by atoms with Crippen molar-refractivity contribution in [2.24, 2.45) is 5.41 Å². The molecule has 49 heavy (non-hydrogen) atoms. The van der Waals surface area contributed by atoms with Crippen LogP contribution in [0.4, 0.5) is 48.2 Å². The van der Waals surface area contributed by atoms with Crippen molar-refractivity contribution in [3.05, 3.63) is 98.3 Å². The van der Waals surface area contributed by atoms with Crippen molar-refractivity contribution in [2.45, 2.75) is 99.3 Å². The van der Waals surface area contributed by atoms with Crippen LogP contribution in [0.25, 0.3) is 0 Å². The standard InChI is InChI=1S/C36H40BF11P/c1-33(2,3)15-19(49-32-17(35(7,8)9)13-16(34(4,5)6)14-18(32)36(10,11)12)37(48,20-22(38)26(42)30(46)27(43)23(20)39)21-24(40)28(44)31(47)29(45)25(21)41/h13-15,49H,1-12H3/q-1/b19-15-. The van der Waals surface area contributed by atoms with Gasteiger partial charge in [-0.2, -0.15) is 5.21 Å². The predicted octanol–water partition coefficient (Wildman–Crippen LogP) is 10.5. The molecule has 3 aromatic rings. The van der Waals surface area contributed by atoms with E-state index in [-0.39, 0.29) is 0 Å². The van der Waals surface area contributed by atoms with Gasteiger partial charge in [-0.1, -0.05) is 115 Å². The molecular weight excluding hydrogens is 683 g/mol. The highest BCUT2D eigenvalue weighted by Gasteiger charge is 2.46. The molecule has 0 aromatic heterocycles. The van der Waals surface area contributed by atoms with Crippen LogP contribution < -0.4 is 16.2 Å². The van der Waals surface area contributed by atoms with Crippen LogP contribution in [0.5, 0.6) is 0 Å². The van der Waals surface area contributed by atoms with Gasteiger partial charge in [-0.15, -0.1) is 6.08 Å². The second kappa shape index (κ2) is 13.0. The van der Waals surface area contributed by atoms with Gasteiger partial charge in [0.15, 0.2) is 34.9 Å². The zero-order valence-electron chi connectivity index (χ0n) is 29.5. The molecule has 13 heteroatoms. The summed E-state index contributed by atoms with van der Waals surface area (Å²) in [5.41, 5.74) is -5.97. The summed E-state index contributed by atoms with van der Waals surface area (Å²) in [6, 6.07) is 3.63. The topological polar surface area (TPSA) is 0 Å². The van der Waals surface area contributed by atoms with Gasteiger partial charge in [-0.3, -0.25) is 0 Å². The Morgan fingerprint density at radius 2 is 0.776 bits per heavy atom. The van der Waals surface area contributed by atoms with E-state index < -0.39 is 111 Å². The monoisotopic (exact) mass is 723 g/mol. The molecule has 270 valence electrons. The molecule has 0 amide bonds. The number of benzene rings is 3. The first-order chi connectivity index (χ1) is 21.9. The summed E-state index contributed by atoms with van der Waals surface area (Å²) in [5.74, 6) is -27.3. The molecule has 0 nitrogen and oxygen atoms in total. The van der Waals surface area contributed by atoms with Gasteiger partial charge in [0.05, 0.1) is 0 Å². The van der Waals surface area contributed by atoms with Crippen LogP contribution in [0.1, 0.15) is 99.8 Å². The van der Waals surface area contributed by atoms with E-state index in [0.29, 0.717) is 16.4 Å². The minimum Gasteiger partial charge on any atom is -0.498 e. The highest BCUT2D eigenvalue weighted by atomic mass is 31.1. The lowest BCUT2D eigenvalue weighted by molar-refractivity contribution is 0.380. The zero-order valence-corrected chi connectivity index (χ0v) is 30.5. The lowest BCUT2D eigenvalue weighted by Gasteiger charge is -2.42. The van der Waals surface area contributed by atoms with Crippen molar-refractivity contribution in [3.8, 4) is 0 Å². The fourth-order valence-corrected chi connectivity index (χ4v) is 8.10. The lowest BCUT2D eigenvalue weighted by atomic mass is 9.33. The molecule has 3 rings (SSSR count). The molecule has 0 N–H and O–H groups in total. The molecule has 0 fully saturated rings. The first-order valence-electron chi connectivity index (χ1n) is 15.5. The van der Waals surface area contributed by atoms with Gasteiger partial charge < -0.3 is 4.32 Å². The predicted molar refractivity (Wildman–Crippen MR) is 177 cm³/mol. The molecule has 0 aliphatic rings. The Labute approximate surface area is 282 Å². The maximum absolute atomic E-state index is 18.4. The molecule has 0 heterocycles. The van der Waals surface area contributed by atoms with E-state index in [1.807, 2.05) is 74.4 Å². The third-order valence-corrected chi connectivity index (χ3v) is 9.81. The molecule has 0 saturated heterocycles. The Kier molecular flexibility index (Phi) is 10.8. The van der Waals surface area contributed by atoms with E-state index in [4.69, 9.17) is 0 Å². The summed E-state index contributed by atoms with van der Waals surface area (Å²) in [4.78, 5) is 0. The lowest BCUT2D eigenvalue weighted by Crippen LogP contribution is -2.62. The largest absolute Gasteiger partial charge is 0.498 e. The van der Waals surface area contributed by atoms with Gasteiger partial charge >= 0.3 is 0 Å². The summed E-state index contributed by atoms with van der Waals surface area (Å²) in [6.07, 6.45) is -4.67. The number of hydrogen-bond donors (Lipinski definition) is 0. The zero-order chi connectivity index (χ0) is 38.1. The van der Waals surface area contributed by atoms with Crippen LogP contribution in [-0.4, -0.2) is 6.42 Å². The van der Waals surface area contributed by atoms with Crippen molar-refractivity contribution < 1.29 is 48.2 Å². The first kappa shape index (κ1) is 40.6. The van der Waals surface area contributed by atoms with E-state index in [1.54, 1.807) is 0 Å². The van der Waals surface area contributed by atoms with Crippen LogP contribution in [0.2, 0.25) is 0 Å². The van der Waals surface area contributed by atoms with E-state index in [9.17, 15) is 26.3 Å². The van der Waals surface area contributed by atoms with Crippen molar-refractivity contribution in [1.82, 2.24) is 0 Å². The van der Waals surface area contributed by atoms with Gasteiger partial charge in [-0.05, 0) is 43.7 Å². The van der Waals surface area contributed by atoms with Crippen LogP contribution in [0.15, 0.2) is 23.4 Å². The Bertz CT molecular complexity index is 1670. The normalized spacial score (nSPS) is 14.1. The Morgan fingerprint density at radius 1 is 0.490 bits per heavy atom. The van der Waals surface area contributed by atoms with Crippen LogP contribution >= 0.6 is 8.58 Å². The van der Waals surface area contributed by atoms with Gasteiger partial charge in [0.1, 0.15) is 23.3 Å². The number of halogens is 11. The number of rotatable bonds is 5. The van der Waals surface area contributed by atoms with Gasteiger partial charge in [-0.25, -0.2) is 43.9 Å². The molecule has 0 saturated carbocycles. The Morgan fingerprint density at radius 3 is 1.02 bits per heavy atom. The van der Waals surface area contributed by atoms with Crippen LogP contribution in [-0.2, 0) is 16.2 Å². The second-order valence-electron chi connectivity index (χ2n) is 16.5. The maximum atomic E-state index is 18.4. The second-order valence-corrected chi connectivity index (χ2v) is 17.8. The molecule has 3 aromatic carbocycles. The maximum Gasteiger partial charge on any atom is 0.246 e. The van der Waals surface area contributed by atoms with Crippen molar-refractivity contribution in [2.75, 3.05) is 0 Å².